The van der Waals surface area contributed by atoms with E-state index in [9.17, 15) is 14.9 Å². The molecule has 1 aromatic carbocycles. The lowest BCUT2D eigenvalue weighted by molar-refractivity contribution is -0.385. The predicted octanol–water partition coefficient (Wildman–Crippen LogP) is 3.83. The minimum absolute atomic E-state index is 0.0800. The summed E-state index contributed by atoms with van der Waals surface area (Å²) in [6, 6.07) is 5.08. The van der Waals surface area contributed by atoms with Gasteiger partial charge in [0.05, 0.1) is 10.5 Å². The summed E-state index contributed by atoms with van der Waals surface area (Å²) in [5.74, 6) is 0. The predicted molar refractivity (Wildman–Crippen MR) is 85.7 cm³/mol. The Labute approximate surface area is 130 Å². The van der Waals surface area contributed by atoms with Crippen LogP contribution in [0.1, 0.15) is 38.3 Å². The van der Waals surface area contributed by atoms with Crippen molar-refractivity contribution in [3.63, 3.8) is 0 Å². The molecule has 0 unspecified atom stereocenters. The quantitative estimate of drug-likeness (QED) is 0.509. The Morgan fingerprint density at radius 1 is 1.41 bits per heavy atom. The number of nitrogens with zero attached hydrogens (tertiary/aromatic N) is 1. The van der Waals surface area contributed by atoms with E-state index in [0.29, 0.717) is 18.5 Å². The van der Waals surface area contributed by atoms with Crippen molar-refractivity contribution in [1.82, 2.24) is 5.32 Å². The summed E-state index contributed by atoms with van der Waals surface area (Å²) >= 11 is 0. The molecular weight excluding hydrogens is 284 g/mol. The van der Waals surface area contributed by atoms with Crippen LogP contribution in [0.25, 0.3) is 6.08 Å². The number of nitro groups is 1. The van der Waals surface area contributed by atoms with Gasteiger partial charge in [0.25, 0.3) is 5.69 Å². The monoisotopic (exact) mass is 306 g/mol. The molecule has 6 nitrogen and oxygen atoms in total. The average Bonchev–Trinajstić information content (AvgIpc) is 2.37. The van der Waals surface area contributed by atoms with Crippen molar-refractivity contribution in [2.45, 2.75) is 39.7 Å². The fourth-order valence-corrected chi connectivity index (χ4v) is 1.73. The maximum Gasteiger partial charge on any atom is 0.407 e. The smallest absolute Gasteiger partial charge is 0.407 e. The second-order valence-electron chi connectivity index (χ2n) is 5.94. The summed E-state index contributed by atoms with van der Waals surface area (Å²) in [6.07, 6.45) is 3.57. The molecule has 0 heterocycles. The molecule has 0 bridgehead atoms. The standard InChI is InChI=1S/C16H22N2O4/c1-12-8-9-13(14(11-12)18(20)21)7-5-6-10-17-15(19)22-16(2,3)4/h5,7-9,11H,6,10H2,1-4H3,(H,17,19). The normalized spacial score (nSPS) is 11.5. The Balaban J connectivity index is 2.50. The summed E-state index contributed by atoms with van der Waals surface area (Å²) in [5.41, 5.74) is 0.947. The maximum absolute atomic E-state index is 11.4. The summed E-state index contributed by atoms with van der Waals surface area (Å²) in [7, 11) is 0. The Morgan fingerprint density at radius 2 is 2.09 bits per heavy atom. The van der Waals surface area contributed by atoms with Gasteiger partial charge in [0.2, 0.25) is 0 Å². The van der Waals surface area contributed by atoms with Crippen molar-refractivity contribution in [3.05, 3.63) is 45.5 Å². The third kappa shape index (κ3) is 6.39. The first-order valence-electron chi connectivity index (χ1n) is 7.07. The lowest BCUT2D eigenvalue weighted by atomic mass is 10.1. The number of nitrogens with one attached hydrogen (secondary N) is 1. The van der Waals surface area contributed by atoms with Crippen LogP contribution in [0.4, 0.5) is 10.5 Å². The average molecular weight is 306 g/mol. The highest BCUT2D eigenvalue weighted by Crippen LogP contribution is 2.21. The molecule has 0 aliphatic carbocycles. The molecule has 0 saturated heterocycles. The Kier molecular flexibility index (Phi) is 6.10. The third-order valence-corrected chi connectivity index (χ3v) is 2.66. The molecule has 1 N–H and O–H groups in total. The molecule has 0 aliphatic heterocycles. The number of alkyl carbamates (subject to hydrolysis) is 1. The van der Waals surface area contributed by atoms with Crippen molar-refractivity contribution in [1.29, 1.82) is 0 Å². The van der Waals surface area contributed by atoms with Gasteiger partial charge in [-0.3, -0.25) is 10.1 Å². The molecule has 120 valence electrons. The van der Waals surface area contributed by atoms with E-state index in [1.165, 1.54) is 0 Å². The fourth-order valence-electron chi connectivity index (χ4n) is 1.73. The van der Waals surface area contributed by atoms with Gasteiger partial charge in [0.1, 0.15) is 5.60 Å². The van der Waals surface area contributed by atoms with Gasteiger partial charge in [-0.1, -0.05) is 18.2 Å². The van der Waals surface area contributed by atoms with Crippen LogP contribution in [-0.4, -0.2) is 23.2 Å². The Morgan fingerprint density at radius 3 is 2.68 bits per heavy atom. The zero-order valence-corrected chi connectivity index (χ0v) is 13.4. The molecule has 0 aliphatic rings. The fraction of sp³-hybridized carbons (Fsp3) is 0.438. The van der Waals surface area contributed by atoms with Crippen LogP contribution in [0.5, 0.6) is 0 Å². The molecule has 0 saturated carbocycles. The van der Waals surface area contributed by atoms with E-state index in [-0.39, 0.29) is 5.69 Å². The highest BCUT2D eigenvalue weighted by atomic mass is 16.6. The molecule has 1 rings (SSSR count). The molecule has 0 aromatic heterocycles. The van der Waals surface area contributed by atoms with Crippen LogP contribution < -0.4 is 5.32 Å². The van der Waals surface area contributed by atoms with E-state index in [4.69, 9.17) is 4.74 Å². The first kappa shape index (κ1) is 17.7. The number of aryl methyl sites for hydroxylation is 1. The molecule has 22 heavy (non-hydrogen) atoms. The lowest BCUT2D eigenvalue weighted by Gasteiger charge is -2.19. The topological polar surface area (TPSA) is 81.5 Å². The summed E-state index contributed by atoms with van der Waals surface area (Å²) in [6.45, 7) is 7.60. The van der Waals surface area contributed by atoms with Gasteiger partial charge >= 0.3 is 6.09 Å². The van der Waals surface area contributed by atoms with Gasteiger partial charge in [-0.15, -0.1) is 0 Å². The van der Waals surface area contributed by atoms with Crippen LogP contribution in [0.15, 0.2) is 24.3 Å². The summed E-state index contributed by atoms with van der Waals surface area (Å²) in [4.78, 5) is 22.0. The highest BCUT2D eigenvalue weighted by molar-refractivity contribution is 5.67. The van der Waals surface area contributed by atoms with Crippen molar-refractivity contribution in [2.24, 2.45) is 0 Å². The highest BCUT2D eigenvalue weighted by Gasteiger charge is 2.15. The number of carbonyl (C=O) groups excluding carboxylic acids is 1. The van der Waals surface area contributed by atoms with Gasteiger partial charge < -0.3 is 10.1 Å². The van der Waals surface area contributed by atoms with E-state index < -0.39 is 16.6 Å². The largest absolute Gasteiger partial charge is 0.444 e. The molecule has 1 aromatic rings. The first-order chi connectivity index (χ1) is 10.2. The number of carbonyl (C=O) groups is 1. The van der Waals surface area contributed by atoms with Crippen LogP contribution in [0.3, 0.4) is 0 Å². The molecule has 0 spiro atoms. The number of rotatable bonds is 5. The van der Waals surface area contributed by atoms with Gasteiger partial charge in [-0.25, -0.2) is 4.79 Å². The molecule has 0 atom stereocenters. The van der Waals surface area contributed by atoms with E-state index in [1.54, 1.807) is 45.1 Å². The zero-order chi connectivity index (χ0) is 16.8. The second kappa shape index (κ2) is 7.59. The number of hydrogen-bond donors (Lipinski definition) is 1. The van der Waals surface area contributed by atoms with Crippen LogP contribution in [0, 0.1) is 17.0 Å². The summed E-state index contributed by atoms with van der Waals surface area (Å²) in [5, 5.41) is 13.6. The van der Waals surface area contributed by atoms with Gasteiger partial charge in [-0.2, -0.15) is 0 Å². The number of ether oxygens (including phenoxy) is 1. The number of benzene rings is 1. The Hall–Kier alpha value is -2.37. The van der Waals surface area contributed by atoms with Crippen LogP contribution in [-0.2, 0) is 4.74 Å². The molecule has 6 heteroatoms. The molecule has 1 amide bonds. The van der Waals surface area contributed by atoms with E-state index in [1.807, 2.05) is 13.0 Å². The van der Waals surface area contributed by atoms with Crippen molar-refractivity contribution in [2.75, 3.05) is 6.54 Å². The number of nitro benzene ring substituents is 1. The molecular formula is C16H22N2O4. The van der Waals surface area contributed by atoms with E-state index in [0.717, 1.165) is 5.56 Å². The maximum atomic E-state index is 11.4. The lowest BCUT2D eigenvalue weighted by Crippen LogP contribution is -2.32. The summed E-state index contributed by atoms with van der Waals surface area (Å²) < 4.78 is 5.10. The number of amides is 1. The van der Waals surface area contributed by atoms with Crippen LogP contribution >= 0.6 is 0 Å². The third-order valence-electron chi connectivity index (χ3n) is 2.66. The second-order valence-corrected chi connectivity index (χ2v) is 5.94. The SMILES string of the molecule is Cc1ccc(C=CCCNC(=O)OC(C)(C)C)c([N+](=O)[O-])c1. The zero-order valence-electron chi connectivity index (χ0n) is 13.4. The van der Waals surface area contributed by atoms with E-state index in [2.05, 4.69) is 5.32 Å². The minimum Gasteiger partial charge on any atom is -0.444 e. The van der Waals surface area contributed by atoms with Crippen LogP contribution in [0.2, 0.25) is 0 Å². The van der Waals surface area contributed by atoms with E-state index >= 15 is 0 Å². The van der Waals surface area contributed by atoms with Gasteiger partial charge in [0, 0.05) is 12.6 Å². The molecule has 0 fully saturated rings. The Bertz CT molecular complexity index is 574. The van der Waals surface area contributed by atoms with Crippen molar-refractivity contribution >= 4 is 17.9 Å². The minimum atomic E-state index is -0.525. The number of hydrogen-bond acceptors (Lipinski definition) is 4. The van der Waals surface area contributed by atoms with Crippen molar-refractivity contribution in [3.8, 4) is 0 Å². The molecule has 0 radical (unpaired) electrons. The van der Waals surface area contributed by atoms with Gasteiger partial charge in [-0.05, 0) is 45.7 Å². The van der Waals surface area contributed by atoms with Crippen molar-refractivity contribution < 1.29 is 14.5 Å². The van der Waals surface area contributed by atoms with Gasteiger partial charge in [0.15, 0.2) is 0 Å². The first-order valence-corrected chi connectivity index (χ1v) is 7.07.